The molecular weight excluding hydrogens is 568 g/mol. The van der Waals surface area contributed by atoms with Gasteiger partial charge in [0.2, 0.25) is 0 Å². The fourth-order valence-electron chi connectivity index (χ4n) is 6.51. The molecule has 2 N–H and O–H groups in total. The predicted octanol–water partition coefficient (Wildman–Crippen LogP) is 6.44. The number of ether oxygens (including phenoxy) is 1. The van der Waals surface area contributed by atoms with Crippen molar-refractivity contribution >= 4 is 40.7 Å². The number of allylic oxidation sites excluding steroid dienone is 4. The molecule has 0 unspecified atom stereocenters. The molecule has 0 fully saturated rings. The molecule has 1 aliphatic heterocycles. The molecule has 0 radical (unpaired) electrons. The second kappa shape index (κ2) is 11.3. The Morgan fingerprint density at radius 2 is 1.56 bits per heavy atom. The first-order valence-corrected chi connectivity index (χ1v) is 14.8. The third-order valence-electron chi connectivity index (χ3n) is 8.33. The minimum absolute atomic E-state index is 0.0849. The summed E-state index contributed by atoms with van der Waals surface area (Å²) < 4.78 is 5.86. The van der Waals surface area contributed by atoms with Crippen molar-refractivity contribution in [3.63, 3.8) is 0 Å². The van der Waals surface area contributed by atoms with Gasteiger partial charge in [0.05, 0.1) is 0 Å². The number of benzene rings is 2. The summed E-state index contributed by atoms with van der Waals surface area (Å²) in [5.41, 5.74) is 3.77. The van der Waals surface area contributed by atoms with Crippen LogP contribution in [0, 0.1) is 17.8 Å². The van der Waals surface area contributed by atoms with Gasteiger partial charge in [-0.3, -0.25) is 19.2 Å². The number of nitrogens with zero attached hydrogens (tertiary/aromatic N) is 1. The number of aliphatic carboxylic acids is 1. The quantitative estimate of drug-likeness (QED) is 0.374. The smallest absolute Gasteiger partial charge is 0.323 e. The minimum Gasteiger partial charge on any atom is -0.484 e. The van der Waals surface area contributed by atoms with Crippen LogP contribution < -0.4 is 10.1 Å². The summed E-state index contributed by atoms with van der Waals surface area (Å²) in [6.07, 6.45) is 1.63. The topological polar surface area (TPSA) is 113 Å². The molecule has 8 nitrogen and oxygen atoms in total. The number of carbonyl (C=O) groups excluding carboxylic acids is 3. The van der Waals surface area contributed by atoms with Gasteiger partial charge in [-0.1, -0.05) is 57.5 Å². The standard InChI is InChI=1S/C34H37ClN2O6/c1-19-9-10-21(12-23(19)35)36-28(40)18-43-22-8-6-7-20(11-22)30-31-24(13-33(2,3)15-26(31)38)37(17-29(41)42)25-14-34(4,5)16-27(39)32(25)30/h6-12,30H,13-18H2,1-5H3,(H,36,40)(H,41,42). The average Bonchev–Trinajstić information content (AvgIpc) is 2.89. The molecule has 0 saturated heterocycles. The van der Waals surface area contributed by atoms with Crippen LogP contribution >= 0.6 is 11.6 Å². The number of carboxylic acid groups (broad SMARTS) is 1. The van der Waals surface area contributed by atoms with Crippen LogP contribution in [0.15, 0.2) is 65.0 Å². The second-order valence-corrected chi connectivity index (χ2v) is 13.8. The van der Waals surface area contributed by atoms with E-state index in [0.717, 1.165) is 5.56 Å². The van der Waals surface area contributed by atoms with Crippen molar-refractivity contribution in [1.29, 1.82) is 0 Å². The highest BCUT2D eigenvalue weighted by Gasteiger charge is 2.49. The maximum Gasteiger partial charge on any atom is 0.323 e. The van der Waals surface area contributed by atoms with E-state index in [-0.39, 0.29) is 41.5 Å². The summed E-state index contributed by atoms with van der Waals surface area (Å²) in [7, 11) is 0. The second-order valence-electron chi connectivity index (χ2n) is 13.4. The van der Waals surface area contributed by atoms with Crippen molar-refractivity contribution in [3.8, 4) is 5.75 Å². The fraction of sp³-hybridized carbons (Fsp3) is 0.412. The highest BCUT2D eigenvalue weighted by molar-refractivity contribution is 6.31. The SMILES string of the molecule is Cc1ccc(NC(=O)COc2cccc(C3C4=C(CC(C)(C)CC4=O)N(CC(=O)O)C4=C3C(=O)CC(C)(C)C4)c2)cc1Cl. The van der Waals surface area contributed by atoms with Gasteiger partial charge in [-0.2, -0.15) is 0 Å². The van der Waals surface area contributed by atoms with Gasteiger partial charge < -0.3 is 20.1 Å². The number of Topliss-reactive ketones (excluding diaryl/α,β-unsaturated/α-hetero) is 2. The van der Waals surface area contributed by atoms with E-state index in [1.165, 1.54) is 0 Å². The summed E-state index contributed by atoms with van der Waals surface area (Å²) in [4.78, 5) is 54.1. The first-order chi connectivity index (χ1) is 20.1. The number of carboxylic acids is 1. The van der Waals surface area contributed by atoms with Gasteiger partial charge in [-0.25, -0.2) is 0 Å². The number of amides is 1. The molecule has 0 atom stereocenters. The zero-order valence-corrected chi connectivity index (χ0v) is 25.9. The minimum atomic E-state index is -1.02. The predicted molar refractivity (Wildman–Crippen MR) is 164 cm³/mol. The molecule has 1 heterocycles. The largest absolute Gasteiger partial charge is 0.484 e. The number of halogens is 1. The molecule has 0 saturated carbocycles. The van der Waals surface area contributed by atoms with Gasteiger partial charge >= 0.3 is 5.97 Å². The Balaban J connectivity index is 1.51. The van der Waals surface area contributed by atoms with Crippen molar-refractivity contribution in [2.24, 2.45) is 10.8 Å². The van der Waals surface area contributed by atoms with Gasteiger partial charge in [0, 0.05) is 52.0 Å². The van der Waals surface area contributed by atoms with Crippen LogP contribution in [0.25, 0.3) is 0 Å². The molecule has 2 aromatic rings. The lowest BCUT2D eigenvalue weighted by molar-refractivity contribution is -0.138. The lowest BCUT2D eigenvalue weighted by Gasteiger charge is -2.48. The number of aryl methyl sites for hydroxylation is 1. The molecule has 1 amide bonds. The van der Waals surface area contributed by atoms with E-state index < -0.39 is 11.9 Å². The number of anilines is 1. The summed E-state index contributed by atoms with van der Waals surface area (Å²) in [6, 6.07) is 12.4. The van der Waals surface area contributed by atoms with Gasteiger partial charge in [-0.15, -0.1) is 0 Å². The number of ketones is 2. The normalized spacial score (nSPS) is 19.6. The van der Waals surface area contributed by atoms with E-state index in [1.54, 1.807) is 35.2 Å². The number of hydrogen-bond acceptors (Lipinski definition) is 6. The molecule has 9 heteroatoms. The highest BCUT2D eigenvalue weighted by Crippen LogP contribution is 2.54. The van der Waals surface area contributed by atoms with Crippen LogP contribution in [0.4, 0.5) is 5.69 Å². The Bertz CT molecular complexity index is 1550. The van der Waals surface area contributed by atoms with Gasteiger partial charge in [0.25, 0.3) is 5.91 Å². The Morgan fingerprint density at radius 3 is 2.12 bits per heavy atom. The maximum atomic E-state index is 13.8. The van der Waals surface area contributed by atoms with Gasteiger partial charge in [0.1, 0.15) is 12.3 Å². The van der Waals surface area contributed by atoms with E-state index in [1.807, 2.05) is 46.8 Å². The molecule has 2 aliphatic carbocycles. The monoisotopic (exact) mass is 604 g/mol. The van der Waals surface area contributed by atoms with E-state index in [4.69, 9.17) is 16.3 Å². The molecule has 2 aromatic carbocycles. The van der Waals surface area contributed by atoms with Crippen LogP contribution in [-0.4, -0.2) is 46.6 Å². The number of carbonyl (C=O) groups is 4. The van der Waals surface area contributed by atoms with Crippen molar-refractivity contribution in [2.45, 2.75) is 66.2 Å². The Labute approximate surface area is 256 Å². The summed E-state index contributed by atoms with van der Waals surface area (Å²) >= 11 is 6.17. The lowest BCUT2D eigenvalue weighted by Crippen LogP contribution is -2.45. The first kappa shape index (κ1) is 30.5. The summed E-state index contributed by atoms with van der Waals surface area (Å²) in [5.74, 6) is -1.79. The number of nitrogens with one attached hydrogen (secondary N) is 1. The van der Waals surface area contributed by atoms with E-state index in [9.17, 15) is 24.3 Å². The molecule has 0 bridgehead atoms. The molecule has 226 valence electrons. The average molecular weight is 605 g/mol. The Morgan fingerprint density at radius 1 is 0.953 bits per heavy atom. The van der Waals surface area contributed by atoms with E-state index >= 15 is 0 Å². The highest BCUT2D eigenvalue weighted by atomic mass is 35.5. The van der Waals surface area contributed by atoms with Crippen molar-refractivity contribution in [1.82, 2.24) is 4.90 Å². The maximum absolute atomic E-state index is 13.8. The summed E-state index contributed by atoms with van der Waals surface area (Å²) in [5, 5.41) is 13.2. The molecular formula is C34H37ClN2O6. The van der Waals surface area contributed by atoms with Crippen LogP contribution in [0.3, 0.4) is 0 Å². The van der Waals surface area contributed by atoms with Crippen molar-refractivity contribution < 1.29 is 29.0 Å². The lowest BCUT2D eigenvalue weighted by atomic mass is 9.63. The van der Waals surface area contributed by atoms with Gasteiger partial charge in [-0.05, 0) is 66.0 Å². The fourth-order valence-corrected chi connectivity index (χ4v) is 6.69. The molecule has 0 aromatic heterocycles. The first-order valence-electron chi connectivity index (χ1n) is 14.4. The Hall–Kier alpha value is -3.91. The van der Waals surface area contributed by atoms with Crippen molar-refractivity contribution in [3.05, 3.63) is 81.2 Å². The number of hydrogen-bond donors (Lipinski definition) is 2. The Kier molecular flexibility index (Phi) is 8.03. The zero-order valence-electron chi connectivity index (χ0n) is 25.2. The molecule has 43 heavy (non-hydrogen) atoms. The molecule has 5 rings (SSSR count). The van der Waals surface area contributed by atoms with Crippen molar-refractivity contribution in [2.75, 3.05) is 18.5 Å². The zero-order chi connectivity index (χ0) is 31.3. The summed E-state index contributed by atoms with van der Waals surface area (Å²) in [6.45, 7) is 9.33. The van der Waals surface area contributed by atoms with Gasteiger partial charge in [0.15, 0.2) is 18.2 Å². The molecule has 3 aliphatic rings. The van der Waals surface area contributed by atoms with E-state index in [0.29, 0.717) is 70.2 Å². The van der Waals surface area contributed by atoms with Crippen LogP contribution in [0.5, 0.6) is 5.75 Å². The third kappa shape index (κ3) is 6.39. The van der Waals surface area contributed by atoms with Crippen LogP contribution in [0.2, 0.25) is 5.02 Å². The molecule has 0 spiro atoms. The van der Waals surface area contributed by atoms with Crippen LogP contribution in [0.1, 0.15) is 70.4 Å². The van der Waals surface area contributed by atoms with E-state index in [2.05, 4.69) is 5.32 Å². The third-order valence-corrected chi connectivity index (χ3v) is 8.74. The number of rotatable bonds is 7. The van der Waals surface area contributed by atoms with Crippen LogP contribution in [-0.2, 0) is 19.2 Å².